The van der Waals surface area contributed by atoms with E-state index in [4.69, 9.17) is 10.5 Å². The van der Waals surface area contributed by atoms with E-state index in [0.717, 1.165) is 23.5 Å². The molecule has 2 N–H and O–H groups in total. The van der Waals surface area contributed by atoms with E-state index < -0.39 is 0 Å². The van der Waals surface area contributed by atoms with Gasteiger partial charge < -0.3 is 15.4 Å². The van der Waals surface area contributed by atoms with Crippen LogP contribution in [0, 0.1) is 0 Å². The third kappa shape index (κ3) is 3.26. The molecule has 0 amide bonds. The van der Waals surface area contributed by atoms with Crippen LogP contribution in [0.4, 0.5) is 11.4 Å². The topological polar surface area (TPSA) is 38.5 Å². The molecule has 19 heavy (non-hydrogen) atoms. The second-order valence-electron chi connectivity index (χ2n) is 4.46. The van der Waals surface area contributed by atoms with Crippen molar-refractivity contribution in [2.45, 2.75) is 6.42 Å². The second kappa shape index (κ2) is 6.25. The quantitative estimate of drug-likeness (QED) is 0.894. The van der Waals surface area contributed by atoms with Crippen molar-refractivity contribution in [1.29, 1.82) is 0 Å². The van der Waals surface area contributed by atoms with Gasteiger partial charge in [0, 0.05) is 18.4 Å². The number of anilines is 2. The monoisotopic (exact) mass is 256 g/mol. The van der Waals surface area contributed by atoms with E-state index in [2.05, 4.69) is 36.2 Å². The summed E-state index contributed by atoms with van der Waals surface area (Å²) in [7, 11) is 3.73. The largest absolute Gasteiger partial charge is 0.497 e. The summed E-state index contributed by atoms with van der Waals surface area (Å²) in [6.07, 6.45) is 0.923. The molecule has 100 valence electrons. The zero-order valence-corrected chi connectivity index (χ0v) is 11.5. The van der Waals surface area contributed by atoms with Gasteiger partial charge in [0.05, 0.1) is 7.11 Å². The average molecular weight is 256 g/mol. The summed E-state index contributed by atoms with van der Waals surface area (Å²) in [4.78, 5) is 2.14. The molecule has 2 aromatic carbocycles. The minimum absolute atomic E-state index is 0.688. The van der Waals surface area contributed by atoms with E-state index in [1.165, 1.54) is 5.56 Å². The zero-order chi connectivity index (χ0) is 13.7. The predicted molar refractivity (Wildman–Crippen MR) is 80.3 cm³/mol. The Morgan fingerprint density at radius 1 is 0.947 bits per heavy atom. The van der Waals surface area contributed by atoms with Gasteiger partial charge in [-0.3, -0.25) is 0 Å². The van der Waals surface area contributed by atoms with Gasteiger partial charge in [0.25, 0.3) is 0 Å². The molecule has 0 saturated carbocycles. The lowest BCUT2D eigenvalue weighted by molar-refractivity contribution is 0.415. The molecule has 0 unspecified atom stereocenters. The van der Waals surface area contributed by atoms with Crippen LogP contribution >= 0.6 is 0 Å². The van der Waals surface area contributed by atoms with Crippen molar-refractivity contribution < 1.29 is 4.74 Å². The number of hydrogen-bond donors (Lipinski definition) is 1. The summed E-state index contributed by atoms with van der Waals surface area (Å²) in [5.74, 6) is 0.871. The Bertz CT molecular complexity index is 505. The van der Waals surface area contributed by atoms with E-state index in [1.54, 1.807) is 7.11 Å². The minimum atomic E-state index is 0.688. The van der Waals surface area contributed by atoms with Gasteiger partial charge in [-0.05, 0) is 54.9 Å². The highest BCUT2D eigenvalue weighted by Crippen LogP contribution is 2.25. The molecular formula is C16H20N2O. The molecule has 0 heterocycles. The average Bonchev–Trinajstić information content (AvgIpc) is 2.48. The lowest BCUT2D eigenvalue weighted by atomic mass is 10.1. The summed E-state index contributed by atoms with van der Waals surface area (Å²) >= 11 is 0. The van der Waals surface area contributed by atoms with Crippen molar-refractivity contribution >= 4 is 11.4 Å². The summed E-state index contributed by atoms with van der Waals surface area (Å²) in [5, 5.41) is 0. The zero-order valence-electron chi connectivity index (χ0n) is 11.5. The SMILES string of the molecule is COc1ccc(N(C)c2ccc(CCN)cc2)cc1. The highest BCUT2D eigenvalue weighted by atomic mass is 16.5. The maximum absolute atomic E-state index is 5.55. The second-order valence-corrected chi connectivity index (χ2v) is 4.46. The van der Waals surface area contributed by atoms with Crippen LogP contribution in [0.2, 0.25) is 0 Å². The third-order valence-corrected chi connectivity index (χ3v) is 3.22. The van der Waals surface area contributed by atoms with Gasteiger partial charge >= 0.3 is 0 Å². The molecule has 0 radical (unpaired) electrons. The van der Waals surface area contributed by atoms with E-state index in [1.807, 2.05) is 24.3 Å². The molecule has 0 saturated heterocycles. The Balaban J connectivity index is 2.15. The maximum atomic E-state index is 5.55. The Kier molecular flexibility index (Phi) is 4.42. The number of rotatable bonds is 5. The normalized spacial score (nSPS) is 10.3. The standard InChI is InChI=1S/C16H20N2O/c1-18(15-7-9-16(19-2)10-8-15)14-5-3-13(4-6-14)11-12-17/h3-10H,11-12,17H2,1-2H3. The Morgan fingerprint density at radius 2 is 1.47 bits per heavy atom. The first-order chi connectivity index (χ1) is 9.24. The third-order valence-electron chi connectivity index (χ3n) is 3.22. The van der Waals surface area contributed by atoms with Crippen LogP contribution < -0.4 is 15.4 Å². The summed E-state index contributed by atoms with van der Waals surface area (Å²) < 4.78 is 5.17. The highest BCUT2D eigenvalue weighted by molar-refractivity contribution is 5.63. The molecule has 0 atom stereocenters. The molecule has 2 rings (SSSR count). The molecule has 0 aromatic heterocycles. The van der Waals surface area contributed by atoms with Gasteiger partial charge in [-0.25, -0.2) is 0 Å². The van der Waals surface area contributed by atoms with Gasteiger partial charge in [0.15, 0.2) is 0 Å². The molecule has 0 aliphatic carbocycles. The summed E-state index contributed by atoms with van der Waals surface area (Å²) in [6.45, 7) is 0.688. The number of nitrogens with two attached hydrogens (primary N) is 1. The number of ether oxygens (including phenoxy) is 1. The molecule has 0 aliphatic heterocycles. The van der Waals surface area contributed by atoms with Gasteiger partial charge in [-0.2, -0.15) is 0 Å². The Hall–Kier alpha value is -2.00. The fourth-order valence-electron chi connectivity index (χ4n) is 2.01. The predicted octanol–water partition coefficient (Wildman–Crippen LogP) is 2.96. The molecule has 0 bridgehead atoms. The number of hydrogen-bond acceptors (Lipinski definition) is 3. The van der Waals surface area contributed by atoms with Crippen molar-refractivity contribution in [2.24, 2.45) is 5.73 Å². The lowest BCUT2D eigenvalue weighted by Crippen LogP contribution is -2.09. The Labute approximate surface area is 114 Å². The smallest absolute Gasteiger partial charge is 0.119 e. The van der Waals surface area contributed by atoms with Crippen LogP contribution in [0.15, 0.2) is 48.5 Å². The van der Waals surface area contributed by atoms with Crippen molar-refractivity contribution in [1.82, 2.24) is 0 Å². The minimum Gasteiger partial charge on any atom is -0.497 e. The van der Waals surface area contributed by atoms with Crippen molar-refractivity contribution in [3.63, 3.8) is 0 Å². The first-order valence-corrected chi connectivity index (χ1v) is 6.41. The van der Waals surface area contributed by atoms with Crippen molar-refractivity contribution in [3.8, 4) is 5.75 Å². The summed E-state index contributed by atoms with van der Waals surface area (Å²) in [5.41, 5.74) is 9.12. The molecule has 3 heteroatoms. The van der Waals surface area contributed by atoms with E-state index >= 15 is 0 Å². The highest BCUT2D eigenvalue weighted by Gasteiger charge is 2.04. The van der Waals surface area contributed by atoms with Crippen LogP contribution in [-0.2, 0) is 6.42 Å². The molecule has 0 fully saturated rings. The first-order valence-electron chi connectivity index (χ1n) is 6.41. The molecular weight excluding hydrogens is 236 g/mol. The number of benzene rings is 2. The van der Waals surface area contributed by atoms with Gasteiger partial charge in [0.2, 0.25) is 0 Å². The van der Waals surface area contributed by atoms with Crippen LogP contribution in [0.3, 0.4) is 0 Å². The fourth-order valence-corrected chi connectivity index (χ4v) is 2.01. The van der Waals surface area contributed by atoms with E-state index in [0.29, 0.717) is 6.54 Å². The first kappa shape index (κ1) is 13.4. The molecule has 0 aliphatic rings. The molecule has 0 spiro atoms. The van der Waals surface area contributed by atoms with Crippen LogP contribution in [0.25, 0.3) is 0 Å². The number of nitrogens with zero attached hydrogens (tertiary/aromatic N) is 1. The van der Waals surface area contributed by atoms with Gasteiger partial charge in [-0.15, -0.1) is 0 Å². The van der Waals surface area contributed by atoms with E-state index in [-0.39, 0.29) is 0 Å². The van der Waals surface area contributed by atoms with Crippen LogP contribution in [0.1, 0.15) is 5.56 Å². The number of methoxy groups -OCH3 is 1. The van der Waals surface area contributed by atoms with Crippen LogP contribution in [-0.4, -0.2) is 20.7 Å². The van der Waals surface area contributed by atoms with E-state index in [9.17, 15) is 0 Å². The maximum Gasteiger partial charge on any atom is 0.119 e. The van der Waals surface area contributed by atoms with Crippen LogP contribution in [0.5, 0.6) is 5.75 Å². The van der Waals surface area contributed by atoms with Crippen molar-refractivity contribution in [2.75, 3.05) is 25.6 Å². The van der Waals surface area contributed by atoms with Gasteiger partial charge in [-0.1, -0.05) is 12.1 Å². The lowest BCUT2D eigenvalue weighted by Gasteiger charge is -2.20. The molecule has 2 aromatic rings. The van der Waals surface area contributed by atoms with Crippen molar-refractivity contribution in [3.05, 3.63) is 54.1 Å². The fraction of sp³-hybridized carbons (Fsp3) is 0.250. The Morgan fingerprint density at radius 3 is 1.95 bits per heavy atom. The van der Waals surface area contributed by atoms with Gasteiger partial charge in [0.1, 0.15) is 5.75 Å². The molecule has 3 nitrogen and oxygen atoms in total. The summed E-state index contributed by atoms with van der Waals surface area (Å²) in [6, 6.07) is 16.5.